The summed E-state index contributed by atoms with van der Waals surface area (Å²) in [6.45, 7) is 3.66. The van der Waals surface area contributed by atoms with Crippen LogP contribution in [0.15, 0.2) is 16.8 Å². The molecule has 1 amide bonds. The molecular formula is C11H18N2O2S. The third-order valence-electron chi connectivity index (χ3n) is 2.41. The first kappa shape index (κ1) is 13.0. The Morgan fingerprint density at radius 3 is 2.81 bits per heavy atom. The Bertz CT molecular complexity index is 336. The Morgan fingerprint density at radius 1 is 1.62 bits per heavy atom. The molecule has 0 aromatic carbocycles. The normalized spacial score (nSPS) is 13.4. The molecule has 0 saturated heterocycles. The molecule has 1 atom stereocenters. The van der Waals surface area contributed by atoms with E-state index in [0.29, 0.717) is 6.42 Å². The van der Waals surface area contributed by atoms with Gasteiger partial charge in [-0.2, -0.15) is 11.3 Å². The maximum absolute atomic E-state index is 10.7. The Labute approximate surface area is 99.6 Å². The van der Waals surface area contributed by atoms with Crippen LogP contribution in [0.4, 0.5) is 4.79 Å². The standard InChI is InChI=1S/C11H18N2O2S/c1-11(2,15-10(13)14)5-3-9(12)8-4-6-16-7-8/h4,6-7,9H,3,5,12H2,1-2H3,(H2,13,14). The summed E-state index contributed by atoms with van der Waals surface area (Å²) in [6, 6.07) is 2.00. The van der Waals surface area contributed by atoms with Crippen molar-refractivity contribution in [2.24, 2.45) is 11.5 Å². The average molecular weight is 242 g/mol. The van der Waals surface area contributed by atoms with Crippen molar-refractivity contribution in [3.8, 4) is 0 Å². The van der Waals surface area contributed by atoms with Gasteiger partial charge in [-0.3, -0.25) is 0 Å². The minimum Gasteiger partial charge on any atom is -0.444 e. The van der Waals surface area contributed by atoms with E-state index in [0.717, 1.165) is 12.0 Å². The molecular weight excluding hydrogens is 224 g/mol. The number of hydrogen-bond acceptors (Lipinski definition) is 4. The summed E-state index contributed by atoms with van der Waals surface area (Å²) in [6.07, 6.45) is 0.707. The minimum atomic E-state index is -0.742. The molecule has 0 bridgehead atoms. The molecule has 1 unspecified atom stereocenters. The van der Waals surface area contributed by atoms with E-state index in [4.69, 9.17) is 16.2 Å². The largest absolute Gasteiger partial charge is 0.444 e. The topological polar surface area (TPSA) is 78.3 Å². The highest BCUT2D eigenvalue weighted by Crippen LogP contribution is 2.24. The highest BCUT2D eigenvalue weighted by atomic mass is 32.1. The molecule has 0 aliphatic rings. The van der Waals surface area contributed by atoms with Gasteiger partial charge in [0, 0.05) is 6.04 Å². The Balaban J connectivity index is 2.42. The minimum absolute atomic E-state index is 0.0120. The second kappa shape index (κ2) is 5.32. The van der Waals surface area contributed by atoms with Crippen molar-refractivity contribution in [1.29, 1.82) is 0 Å². The zero-order valence-corrected chi connectivity index (χ0v) is 10.4. The third-order valence-corrected chi connectivity index (χ3v) is 3.11. The molecule has 0 spiro atoms. The van der Waals surface area contributed by atoms with E-state index < -0.39 is 11.7 Å². The van der Waals surface area contributed by atoms with E-state index in [1.165, 1.54) is 0 Å². The summed E-state index contributed by atoms with van der Waals surface area (Å²) in [5, 5.41) is 4.03. The molecule has 4 N–H and O–H groups in total. The fourth-order valence-corrected chi connectivity index (χ4v) is 2.20. The molecule has 0 fully saturated rings. The molecule has 16 heavy (non-hydrogen) atoms. The molecule has 1 aromatic heterocycles. The maximum Gasteiger partial charge on any atom is 0.405 e. The molecule has 4 nitrogen and oxygen atoms in total. The van der Waals surface area contributed by atoms with E-state index in [2.05, 4.69) is 0 Å². The second-order valence-corrected chi connectivity index (χ2v) is 5.16. The van der Waals surface area contributed by atoms with Gasteiger partial charge < -0.3 is 16.2 Å². The van der Waals surface area contributed by atoms with Crippen LogP contribution in [0.1, 0.15) is 38.3 Å². The fraction of sp³-hybridized carbons (Fsp3) is 0.545. The smallest absolute Gasteiger partial charge is 0.405 e. The number of carbonyl (C=O) groups is 1. The van der Waals surface area contributed by atoms with Crippen LogP contribution >= 0.6 is 11.3 Å². The molecule has 5 heteroatoms. The van der Waals surface area contributed by atoms with E-state index in [-0.39, 0.29) is 6.04 Å². The highest BCUT2D eigenvalue weighted by molar-refractivity contribution is 7.07. The van der Waals surface area contributed by atoms with E-state index in [9.17, 15) is 4.79 Å². The SMILES string of the molecule is CC(C)(CCC(N)c1ccsc1)OC(N)=O. The number of ether oxygens (including phenoxy) is 1. The van der Waals surface area contributed by atoms with Crippen LogP contribution in [-0.2, 0) is 4.74 Å². The van der Waals surface area contributed by atoms with Crippen LogP contribution in [-0.4, -0.2) is 11.7 Å². The lowest BCUT2D eigenvalue weighted by Crippen LogP contribution is -2.32. The average Bonchev–Trinajstić information content (AvgIpc) is 2.64. The second-order valence-electron chi connectivity index (χ2n) is 4.38. The van der Waals surface area contributed by atoms with Crippen molar-refractivity contribution in [1.82, 2.24) is 0 Å². The number of rotatable bonds is 5. The summed E-state index contributed by atoms with van der Waals surface area (Å²) in [4.78, 5) is 10.7. The summed E-state index contributed by atoms with van der Waals surface area (Å²) < 4.78 is 4.99. The van der Waals surface area contributed by atoms with Gasteiger partial charge in [0.15, 0.2) is 0 Å². The first-order valence-electron chi connectivity index (χ1n) is 5.17. The first-order chi connectivity index (χ1) is 7.41. The van der Waals surface area contributed by atoms with E-state index >= 15 is 0 Å². The zero-order chi connectivity index (χ0) is 12.2. The number of thiophene rings is 1. The summed E-state index contributed by atoms with van der Waals surface area (Å²) in [5.41, 5.74) is 11.6. The van der Waals surface area contributed by atoms with Gasteiger partial charge in [0.2, 0.25) is 0 Å². The molecule has 0 aliphatic carbocycles. The van der Waals surface area contributed by atoms with Gasteiger partial charge in [0.05, 0.1) is 0 Å². The van der Waals surface area contributed by atoms with Crippen molar-refractivity contribution < 1.29 is 9.53 Å². The van der Waals surface area contributed by atoms with Crippen LogP contribution in [0.5, 0.6) is 0 Å². The van der Waals surface area contributed by atoms with Gasteiger partial charge in [0.1, 0.15) is 5.60 Å². The van der Waals surface area contributed by atoms with Gasteiger partial charge in [-0.15, -0.1) is 0 Å². The number of amides is 1. The van der Waals surface area contributed by atoms with Crippen LogP contribution in [0.25, 0.3) is 0 Å². The molecule has 0 aliphatic heterocycles. The summed E-state index contributed by atoms with van der Waals surface area (Å²) in [7, 11) is 0. The molecule has 0 saturated carbocycles. The number of primary amides is 1. The van der Waals surface area contributed by atoms with E-state index in [1.54, 1.807) is 11.3 Å². The summed E-state index contributed by atoms with van der Waals surface area (Å²) >= 11 is 1.63. The van der Waals surface area contributed by atoms with Crippen molar-refractivity contribution >= 4 is 17.4 Å². The van der Waals surface area contributed by atoms with Crippen molar-refractivity contribution in [2.45, 2.75) is 38.3 Å². The molecule has 1 aromatic rings. The number of carbonyl (C=O) groups excluding carboxylic acids is 1. The van der Waals surface area contributed by atoms with Gasteiger partial charge in [-0.25, -0.2) is 4.79 Å². The Kier molecular flexibility index (Phi) is 4.32. The van der Waals surface area contributed by atoms with Crippen LogP contribution in [0.2, 0.25) is 0 Å². The molecule has 90 valence electrons. The van der Waals surface area contributed by atoms with Gasteiger partial charge in [-0.05, 0) is 49.1 Å². The lowest BCUT2D eigenvalue weighted by atomic mass is 9.97. The van der Waals surface area contributed by atoms with Crippen molar-refractivity contribution in [3.05, 3.63) is 22.4 Å². The highest BCUT2D eigenvalue weighted by Gasteiger charge is 2.22. The van der Waals surface area contributed by atoms with Gasteiger partial charge >= 0.3 is 6.09 Å². The van der Waals surface area contributed by atoms with Crippen LogP contribution < -0.4 is 11.5 Å². The number of nitrogens with two attached hydrogens (primary N) is 2. The third kappa shape index (κ3) is 4.20. The monoisotopic (exact) mass is 242 g/mol. The molecule has 1 heterocycles. The Morgan fingerprint density at radius 2 is 2.31 bits per heavy atom. The van der Waals surface area contributed by atoms with Crippen molar-refractivity contribution in [3.63, 3.8) is 0 Å². The predicted octanol–water partition coefficient (Wildman–Crippen LogP) is 2.40. The zero-order valence-electron chi connectivity index (χ0n) is 9.60. The van der Waals surface area contributed by atoms with Crippen LogP contribution in [0, 0.1) is 0 Å². The number of hydrogen-bond donors (Lipinski definition) is 2. The van der Waals surface area contributed by atoms with Crippen LogP contribution in [0.3, 0.4) is 0 Å². The molecule has 1 rings (SSSR count). The maximum atomic E-state index is 10.7. The van der Waals surface area contributed by atoms with Gasteiger partial charge in [0.25, 0.3) is 0 Å². The first-order valence-corrected chi connectivity index (χ1v) is 6.11. The van der Waals surface area contributed by atoms with Gasteiger partial charge in [-0.1, -0.05) is 0 Å². The lowest BCUT2D eigenvalue weighted by molar-refractivity contribution is 0.0363. The lowest BCUT2D eigenvalue weighted by Gasteiger charge is -2.25. The van der Waals surface area contributed by atoms with E-state index in [1.807, 2.05) is 30.7 Å². The quantitative estimate of drug-likeness (QED) is 0.832. The molecule has 0 radical (unpaired) electrons. The van der Waals surface area contributed by atoms with Crippen molar-refractivity contribution in [2.75, 3.05) is 0 Å². The summed E-state index contributed by atoms with van der Waals surface area (Å²) in [5.74, 6) is 0. The Hall–Kier alpha value is -1.07. The fourth-order valence-electron chi connectivity index (χ4n) is 1.48. The predicted molar refractivity (Wildman–Crippen MR) is 65.2 cm³/mol.